The van der Waals surface area contributed by atoms with Gasteiger partial charge in [0.25, 0.3) is 0 Å². The molecule has 0 radical (unpaired) electrons. The van der Waals surface area contributed by atoms with E-state index in [0.717, 1.165) is 32.3 Å². The number of hydrogen-bond acceptors (Lipinski definition) is 4. The lowest BCUT2D eigenvalue weighted by atomic mass is 9.59. The number of hydrogen-bond donors (Lipinski definition) is 0. The average Bonchev–Trinajstić information content (AvgIpc) is 2.92. The second-order valence-electron chi connectivity index (χ2n) is 9.59. The first kappa shape index (κ1) is 18.5. The third kappa shape index (κ3) is 2.93. The molecule has 0 unspecified atom stereocenters. The van der Waals surface area contributed by atoms with Gasteiger partial charge in [0.15, 0.2) is 0 Å². The fourth-order valence-electron chi connectivity index (χ4n) is 6.34. The number of esters is 1. The Morgan fingerprint density at radius 1 is 1.27 bits per heavy atom. The van der Waals surface area contributed by atoms with Crippen LogP contribution in [0.25, 0.3) is 0 Å². The molecule has 0 aromatic carbocycles. The lowest BCUT2D eigenvalue weighted by Gasteiger charge is -2.46. The Morgan fingerprint density at radius 3 is 2.77 bits per heavy atom. The number of fused-ring (bicyclic) bond motifs is 2. The fourth-order valence-corrected chi connectivity index (χ4v) is 6.34. The maximum absolute atomic E-state index is 11.8. The van der Waals surface area contributed by atoms with Gasteiger partial charge in [0.1, 0.15) is 6.10 Å². The molecule has 26 heavy (non-hydrogen) atoms. The van der Waals surface area contributed by atoms with Crippen LogP contribution in [0, 0.1) is 29.6 Å². The van der Waals surface area contributed by atoms with Crippen molar-refractivity contribution in [1.82, 2.24) is 0 Å². The molecule has 0 N–H and O–H groups in total. The number of ether oxygens (including phenoxy) is 3. The molecular formula is C22H34O4. The van der Waals surface area contributed by atoms with Crippen LogP contribution in [-0.4, -0.2) is 36.5 Å². The van der Waals surface area contributed by atoms with Gasteiger partial charge in [-0.25, -0.2) is 0 Å². The number of rotatable bonds is 1. The molecule has 4 rings (SSSR count). The molecule has 0 aromatic heterocycles. The maximum Gasteiger partial charge on any atom is 0.302 e. The molecule has 146 valence electrons. The third-order valence-electron chi connectivity index (χ3n) is 7.59. The van der Waals surface area contributed by atoms with Crippen molar-refractivity contribution in [2.75, 3.05) is 6.61 Å². The van der Waals surface area contributed by atoms with Crippen molar-refractivity contribution >= 4 is 5.97 Å². The summed E-state index contributed by atoms with van der Waals surface area (Å²) in [6.07, 6.45) is 6.64. The first-order valence-electron chi connectivity index (χ1n) is 10.4. The quantitative estimate of drug-likeness (QED) is 0.520. The van der Waals surface area contributed by atoms with E-state index in [4.69, 9.17) is 14.2 Å². The molecule has 4 nitrogen and oxygen atoms in total. The summed E-state index contributed by atoms with van der Waals surface area (Å²) in [6, 6.07) is 0. The molecule has 3 fully saturated rings. The lowest BCUT2D eigenvalue weighted by Crippen LogP contribution is -2.51. The van der Waals surface area contributed by atoms with Crippen LogP contribution in [0.3, 0.4) is 0 Å². The Balaban J connectivity index is 1.79. The second kappa shape index (κ2) is 6.63. The Labute approximate surface area is 157 Å². The first-order valence-corrected chi connectivity index (χ1v) is 10.4. The van der Waals surface area contributed by atoms with Crippen molar-refractivity contribution in [3.05, 3.63) is 11.6 Å². The zero-order valence-corrected chi connectivity index (χ0v) is 16.9. The molecule has 0 aromatic rings. The summed E-state index contributed by atoms with van der Waals surface area (Å²) in [5, 5.41) is 0. The summed E-state index contributed by atoms with van der Waals surface area (Å²) in [5.74, 6) is 2.01. The summed E-state index contributed by atoms with van der Waals surface area (Å²) in [5.41, 5.74) is 1.14. The molecular weight excluding hydrogens is 328 g/mol. The van der Waals surface area contributed by atoms with E-state index in [0.29, 0.717) is 23.7 Å². The van der Waals surface area contributed by atoms with Crippen LogP contribution in [0.1, 0.15) is 60.3 Å². The Morgan fingerprint density at radius 2 is 2.04 bits per heavy atom. The lowest BCUT2D eigenvalue weighted by molar-refractivity contribution is -0.160. The van der Waals surface area contributed by atoms with Crippen LogP contribution in [0.4, 0.5) is 0 Å². The highest BCUT2D eigenvalue weighted by Crippen LogP contribution is 2.57. The van der Waals surface area contributed by atoms with Gasteiger partial charge in [0.05, 0.1) is 24.4 Å². The molecule has 3 aliphatic heterocycles. The van der Waals surface area contributed by atoms with E-state index in [1.165, 1.54) is 5.57 Å². The largest absolute Gasteiger partial charge is 0.462 e. The second-order valence-corrected chi connectivity index (χ2v) is 9.59. The van der Waals surface area contributed by atoms with Gasteiger partial charge in [-0.2, -0.15) is 0 Å². The van der Waals surface area contributed by atoms with E-state index >= 15 is 0 Å². The van der Waals surface area contributed by atoms with Gasteiger partial charge < -0.3 is 14.2 Å². The zero-order chi connectivity index (χ0) is 18.6. The van der Waals surface area contributed by atoms with Gasteiger partial charge in [-0.05, 0) is 63.2 Å². The molecule has 3 heterocycles. The average molecular weight is 363 g/mol. The predicted octanol–water partition coefficient (Wildman–Crippen LogP) is 4.13. The normalized spacial score (nSPS) is 52.7. The molecule has 1 saturated carbocycles. The van der Waals surface area contributed by atoms with Crippen molar-refractivity contribution in [3.63, 3.8) is 0 Å². The van der Waals surface area contributed by atoms with E-state index in [-0.39, 0.29) is 35.8 Å². The summed E-state index contributed by atoms with van der Waals surface area (Å²) in [6.45, 7) is 11.4. The topological polar surface area (TPSA) is 44.8 Å². The monoisotopic (exact) mass is 362 g/mol. The molecule has 4 aliphatic rings. The van der Waals surface area contributed by atoms with Crippen molar-refractivity contribution < 1.29 is 19.0 Å². The van der Waals surface area contributed by atoms with Gasteiger partial charge in [-0.1, -0.05) is 25.5 Å². The predicted molar refractivity (Wildman–Crippen MR) is 99.6 cm³/mol. The number of carbonyl (C=O) groups excluding carboxylic acids is 1. The SMILES string of the molecule is CC(=O)O[C@H]1[C@@H]2[C@@H]3[C@@H](C[C@H]1C)[C@@H](C)CO[C@@]1(C)CC/C=C(/C)C[C@H]2O[C@@H]31. The minimum atomic E-state index is -0.247. The Hall–Kier alpha value is -0.870. The molecule has 4 heteroatoms. The minimum absolute atomic E-state index is 0.0365. The van der Waals surface area contributed by atoms with Gasteiger partial charge in [-0.15, -0.1) is 0 Å². The standard InChI is InChI=1S/C22H34O4/c1-12-7-6-8-22(5)21-18-16(14(3)11-24-22)10-13(2)20(25-15(4)23)19(18)17(9-12)26-21/h7,13-14,16-21H,6,8-11H2,1-5H3/b12-7-/t13-,14+,16+,17-,18+,19+,20-,21+,22+/m1/s1. The van der Waals surface area contributed by atoms with Crippen LogP contribution in [0.5, 0.6) is 0 Å². The van der Waals surface area contributed by atoms with Crippen molar-refractivity contribution in [3.8, 4) is 0 Å². The Bertz CT molecular complexity index is 599. The number of carbonyl (C=O) groups is 1. The van der Waals surface area contributed by atoms with Crippen LogP contribution < -0.4 is 0 Å². The summed E-state index contributed by atoms with van der Waals surface area (Å²) in [7, 11) is 0. The van der Waals surface area contributed by atoms with Gasteiger partial charge in [-0.3, -0.25) is 4.79 Å². The molecule has 9 atom stereocenters. The highest BCUT2D eigenvalue weighted by Gasteiger charge is 2.62. The molecule has 1 aliphatic carbocycles. The third-order valence-corrected chi connectivity index (χ3v) is 7.59. The van der Waals surface area contributed by atoms with Crippen molar-refractivity contribution in [2.45, 2.75) is 84.2 Å². The van der Waals surface area contributed by atoms with Gasteiger partial charge in [0, 0.05) is 12.8 Å². The van der Waals surface area contributed by atoms with E-state index in [9.17, 15) is 4.79 Å². The van der Waals surface area contributed by atoms with E-state index < -0.39 is 0 Å². The van der Waals surface area contributed by atoms with E-state index in [1.807, 2.05) is 0 Å². The van der Waals surface area contributed by atoms with E-state index in [1.54, 1.807) is 6.92 Å². The molecule has 0 spiro atoms. The molecule has 2 bridgehead atoms. The molecule has 0 amide bonds. The van der Waals surface area contributed by atoms with Gasteiger partial charge >= 0.3 is 5.97 Å². The van der Waals surface area contributed by atoms with Gasteiger partial charge in [0.2, 0.25) is 0 Å². The number of allylic oxidation sites excluding steroid dienone is 1. The molecule has 2 saturated heterocycles. The highest BCUT2D eigenvalue weighted by atomic mass is 16.6. The zero-order valence-electron chi connectivity index (χ0n) is 16.9. The minimum Gasteiger partial charge on any atom is -0.462 e. The van der Waals surface area contributed by atoms with E-state index in [2.05, 4.69) is 33.8 Å². The van der Waals surface area contributed by atoms with Crippen LogP contribution in [-0.2, 0) is 19.0 Å². The van der Waals surface area contributed by atoms with Crippen LogP contribution in [0.15, 0.2) is 11.6 Å². The smallest absolute Gasteiger partial charge is 0.302 e. The summed E-state index contributed by atoms with van der Waals surface area (Å²) >= 11 is 0. The van der Waals surface area contributed by atoms with Crippen molar-refractivity contribution in [2.24, 2.45) is 29.6 Å². The fraction of sp³-hybridized carbons (Fsp3) is 0.864. The van der Waals surface area contributed by atoms with Crippen LogP contribution >= 0.6 is 0 Å². The maximum atomic E-state index is 11.8. The van der Waals surface area contributed by atoms with Crippen LogP contribution in [0.2, 0.25) is 0 Å². The summed E-state index contributed by atoms with van der Waals surface area (Å²) < 4.78 is 19.2. The highest BCUT2D eigenvalue weighted by molar-refractivity contribution is 5.66. The Kier molecular flexibility index (Phi) is 4.71. The first-order chi connectivity index (χ1) is 12.3. The van der Waals surface area contributed by atoms with Crippen molar-refractivity contribution in [1.29, 1.82) is 0 Å². The summed E-state index contributed by atoms with van der Waals surface area (Å²) in [4.78, 5) is 11.8.